The molecule has 0 saturated carbocycles. The van der Waals surface area contributed by atoms with Gasteiger partial charge < -0.3 is 10.5 Å². The highest BCUT2D eigenvalue weighted by Gasteiger charge is 2.14. The van der Waals surface area contributed by atoms with Crippen molar-refractivity contribution >= 4 is 24.3 Å². The van der Waals surface area contributed by atoms with Crippen LogP contribution in [0.2, 0.25) is 0 Å². The number of carbonyl (C=O) groups excluding carboxylic acids is 1. The highest BCUT2D eigenvalue weighted by molar-refractivity contribution is 7.80. The molecule has 0 radical (unpaired) electrons. The van der Waals surface area contributed by atoms with E-state index >= 15 is 0 Å². The van der Waals surface area contributed by atoms with E-state index in [0.29, 0.717) is 11.3 Å². The van der Waals surface area contributed by atoms with E-state index < -0.39 is 5.97 Å². The lowest BCUT2D eigenvalue weighted by Gasteiger charge is -2.08. The molecule has 0 aliphatic heterocycles. The fourth-order valence-electron chi connectivity index (χ4n) is 1.09. The van der Waals surface area contributed by atoms with Crippen LogP contribution in [0.1, 0.15) is 15.9 Å². The summed E-state index contributed by atoms with van der Waals surface area (Å²) in [6.45, 7) is 1.78. The molecule has 0 heterocycles. The Balaban J connectivity index is 3.33. The number of methoxy groups -OCH3 is 1. The minimum absolute atomic E-state index is 0.398. The van der Waals surface area contributed by atoms with E-state index in [1.807, 2.05) is 0 Å². The summed E-state index contributed by atoms with van der Waals surface area (Å²) in [4.78, 5) is 12.0. The molecule has 1 aromatic carbocycles. The fraction of sp³-hybridized carbons (Fsp3) is 0.222. The summed E-state index contributed by atoms with van der Waals surface area (Å²) in [5, 5.41) is 0. The monoisotopic (exact) mass is 197 g/mol. The number of anilines is 1. The van der Waals surface area contributed by atoms with Gasteiger partial charge >= 0.3 is 5.97 Å². The highest BCUT2D eigenvalue weighted by Crippen LogP contribution is 2.23. The van der Waals surface area contributed by atoms with Gasteiger partial charge in [0.05, 0.1) is 12.7 Å². The maximum atomic E-state index is 11.3. The number of esters is 1. The van der Waals surface area contributed by atoms with Gasteiger partial charge in [-0.1, -0.05) is 0 Å². The standard InChI is InChI=1S/C9H11NO2S/c1-5-7(13)4-3-6(10)8(5)9(11)12-2/h3-4,13H,10H2,1-2H3. The van der Waals surface area contributed by atoms with Crippen LogP contribution in [-0.4, -0.2) is 13.1 Å². The molecule has 0 unspecified atom stereocenters. The van der Waals surface area contributed by atoms with Crippen molar-refractivity contribution in [3.8, 4) is 0 Å². The van der Waals surface area contributed by atoms with Gasteiger partial charge in [0, 0.05) is 10.6 Å². The molecule has 0 spiro atoms. The Labute approximate surface area is 82.3 Å². The van der Waals surface area contributed by atoms with Crippen LogP contribution in [0, 0.1) is 6.92 Å². The topological polar surface area (TPSA) is 52.3 Å². The highest BCUT2D eigenvalue weighted by atomic mass is 32.1. The second kappa shape index (κ2) is 3.70. The van der Waals surface area contributed by atoms with Gasteiger partial charge in [0.2, 0.25) is 0 Å². The Morgan fingerprint density at radius 2 is 2.15 bits per heavy atom. The molecule has 1 rings (SSSR count). The first-order chi connectivity index (χ1) is 6.07. The third kappa shape index (κ3) is 1.78. The summed E-state index contributed by atoms with van der Waals surface area (Å²) in [5.41, 5.74) is 7.19. The van der Waals surface area contributed by atoms with Crippen molar-refractivity contribution in [2.75, 3.05) is 12.8 Å². The van der Waals surface area contributed by atoms with Crippen LogP contribution in [0.3, 0.4) is 0 Å². The van der Waals surface area contributed by atoms with Crippen molar-refractivity contribution in [2.45, 2.75) is 11.8 Å². The lowest BCUT2D eigenvalue weighted by atomic mass is 10.1. The number of hydrogen-bond donors (Lipinski definition) is 2. The van der Waals surface area contributed by atoms with Crippen molar-refractivity contribution in [3.63, 3.8) is 0 Å². The van der Waals surface area contributed by atoms with Gasteiger partial charge in [-0.3, -0.25) is 0 Å². The van der Waals surface area contributed by atoms with Crippen LogP contribution in [0.5, 0.6) is 0 Å². The molecule has 70 valence electrons. The van der Waals surface area contributed by atoms with Gasteiger partial charge in [-0.15, -0.1) is 12.6 Å². The second-order valence-electron chi connectivity index (χ2n) is 2.67. The van der Waals surface area contributed by atoms with Crippen LogP contribution in [0.15, 0.2) is 17.0 Å². The summed E-state index contributed by atoms with van der Waals surface area (Å²) in [7, 11) is 1.33. The lowest BCUT2D eigenvalue weighted by Crippen LogP contribution is -2.08. The maximum absolute atomic E-state index is 11.3. The molecular formula is C9H11NO2S. The summed E-state index contributed by atoms with van der Waals surface area (Å²) in [6.07, 6.45) is 0. The van der Waals surface area contributed by atoms with E-state index in [2.05, 4.69) is 17.4 Å². The molecule has 0 atom stereocenters. The first kappa shape index (κ1) is 9.92. The van der Waals surface area contributed by atoms with Crippen LogP contribution >= 0.6 is 12.6 Å². The van der Waals surface area contributed by atoms with Crippen molar-refractivity contribution < 1.29 is 9.53 Å². The first-order valence-corrected chi connectivity index (χ1v) is 4.19. The van der Waals surface area contributed by atoms with Gasteiger partial charge in [-0.25, -0.2) is 4.79 Å². The number of thiol groups is 1. The average Bonchev–Trinajstić information content (AvgIpc) is 2.12. The van der Waals surface area contributed by atoms with E-state index in [1.54, 1.807) is 19.1 Å². The summed E-state index contributed by atoms with van der Waals surface area (Å²) >= 11 is 4.18. The van der Waals surface area contributed by atoms with Gasteiger partial charge in [-0.05, 0) is 24.6 Å². The number of carbonyl (C=O) groups is 1. The summed E-state index contributed by atoms with van der Waals surface area (Å²) < 4.78 is 4.60. The normalized spacial score (nSPS) is 9.77. The Morgan fingerprint density at radius 1 is 1.54 bits per heavy atom. The Kier molecular flexibility index (Phi) is 2.83. The molecule has 2 N–H and O–H groups in total. The molecule has 4 heteroatoms. The molecule has 0 aliphatic rings. The smallest absolute Gasteiger partial charge is 0.340 e. The predicted molar refractivity (Wildman–Crippen MR) is 54.2 cm³/mol. The Hall–Kier alpha value is -1.16. The fourth-order valence-corrected chi connectivity index (χ4v) is 1.28. The quantitative estimate of drug-likeness (QED) is 0.409. The van der Waals surface area contributed by atoms with E-state index in [-0.39, 0.29) is 0 Å². The zero-order chi connectivity index (χ0) is 10.0. The predicted octanol–water partition coefficient (Wildman–Crippen LogP) is 1.65. The minimum atomic E-state index is -0.425. The molecule has 0 fully saturated rings. The van der Waals surface area contributed by atoms with Gasteiger partial charge in [0.15, 0.2) is 0 Å². The van der Waals surface area contributed by atoms with Gasteiger partial charge in [0.1, 0.15) is 0 Å². The van der Waals surface area contributed by atoms with Crippen molar-refractivity contribution in [2.24, 2.45) is 0 Å². The van der Waals surface area contributed by atoms with Crippen molar-refractivity contribution in [3.05, 3.63) is 23.3 Å². The second-order valence-corrected chi connectivity index (χ2v) is 3.15. The number of rotatable bonds is 1. The minimum Gasteiger partial charge on any atom is -0.465 e. The van der Waals surface area contributed by atoms with Crippen LogP contribution in [-0.2, 0) is 4.74 Å². The molecule has 0 amide bonds. The van der Waals surface area contributed by atoms with Crippen LogP contribution in [0.4, 0.5) is 5.69 Å². The third-order valence-electron chi connectivity index (χ3n) is 1.86. The van der Waals surface area contributed by atoms with Crippen molar-refractivity contribution in [1.29, 1.82) is 0 Å². The Bertz CT molecular complexity index is 350. The molecule has 3 nitrogen and oxygen atoms in total. The average molecular weight is 197 g/mol. The number of hydrogen-bond acceptors (Lipinski definition) is 4. The van der Waals surface area contributed by atoms with Gasteiger partial charge in [-0.2, -0.15) is 0 Å². The number of benzene rings is 1. The number of nitrogen functional groups attached to an aromatic ring is 1. The molecule has 0 aromatic heterocycles. The third-order valence-corrected chi connectivity index (χ3v) is 2.34. The number of ether oxygens (including phenoxy) is 1. The molecule has 13 heavy (non-hydrogen) atoms. The lowest BCUT2D eigenvalue weighted by molar-refractivity contribution is 0.0601. The van der Waals surface area contributed by atoms with E-state index in [9.17, 15) is 4.79 Å². The first-order valence-electron chi connectivity index (χ1n) is 3.74. The largest absolute Gasteiger partial charge is 0.465 e. The zero-order valence-corrected chi connectivity index (χ0v) is 8.39. The molecule has 0 bridgehead atoms. The summed E-state index contributed by atoms with van der Waals surface area (Å²) in [5.74, 6) is -0.425. The molecule has 0 aliphatic carbocycles. The number of nitrogens with two attached hydrogens (primary N) is 1. The Morgan fingerprint density at radius 3 is 2.69 bits per heavy atom. The maximum Gasteiger partial charge on any atom is 0.340 e. The van der Waals surface area contributed by atoms with Crippen LogP contribution < -0.4 is 5.73 Å². The SMILES string of the molecule is COC(=O)c1c(N)ccc(S)c1C. The van der Waals surface area contributed by atoms with Crippen molar-refractivity contribution in [1.82, 2.24) is 0 Å². The summed E-state index contributed by atoms with van der Waals surface area (Å²) in [6, 6.07) is 3.39. The van der Waals surface area contributed by atoms with E-state index in [4.69, 9.17) is 5.73 Å². The molecule has 1 aromatic rings. The van der Waals surface area contributed by atoms with E-state index in [0.717, 1.165) is 10.5 Å². The molecule has 0 saturated heterocycles. The van der Waals surface area contributed by atoms with E-state index in [1.165, 1.54) is 7.11 Å². The van der Waals surface area contributed by atoms with Gasteiger partial charge in [0.25, 0.3) is 0 Å². The molecular weight excluding hydrogens is 186 g/mol. The van der Waals surface area contributed by atoms with Crippen LogP contribution in [0.25, 0.3) is 0 Å². The zero-order valence-electron chi connectivity index (χ0n) is 7.50.